The highest BCUT2D eigenvalue weighted by atomic mass is 32.1. The third kappa shape index (κ3) is 4.16. The number of aryl methyl sites for hydroxylation is 1. The Morgan fingerprint density at radius 2 is 1.89 bits per heavy atom. The summed E-state index contributed by atoms with van der Waals surface area (Å²) in [6.45, 7) is 2.30. The Morgan fingerprint density at radius 1 is 1.26 bits per heavy atom. The number of thiazole rings is 1. The molecule has 146 valence electrons. The summed E-state index contributed by atoms with van der Waals surface area (Å²) in [5.74, 6) is -0.410. The predicted octanol–water partition coefficient (Wildman–Crippen LogP) is 4.00. The monoisotopic (exact) mass is 398 g/mol. The number of likely N-dealkylation sites (tertiary alicyclic amines) is 1. The molecule has 1 unspecified atom stereocenters. The van der Waals surface area contributed by atoms with E-state index in [2.05, 4.69) is 4.98 Å². The van der Waals surface area contributed by atoms with Gasteiger partial charge in [-0.1, -0.05) is 30.3 Å². The van der Waals surface area contributed by atoms with Crippen molar-refractivity contribution in [1.82, 2.24) is 9.88 Å². The quantitative estimate of drug-likeness (QED) is 0.847. The summed E-state index contributed by atoms with van der Waals surface area (Å²) in [4.78, 5) is 17.7. The minimum atomic E-state index is -4.98. The Balaban J connectivity index is 1.69. The fourth-order valence-electron chi connectivity index (χ4n) is 3.36. The van der Waals surface area contributed by atoms with E-state index in [1.165, 1.54) is 15.8 Å². The van der Waals surface area contributed by atoms with E-state index in [1.54, 1.807) is 6.92 Å². The topological polar surface area (TPSA) is 53.4 Å². The van der Waals surface area contributed by atoms with Gasteiger partial charge in [0.2, 0.25) is 11.5 Å². The number of nitrogens with zero attached hydrogens (tertiary/aromatic N) is 2. The highest BCUT2D eigenvalue weighted by Gasteiger charge is 2.58. The molecule has 4 nitrogen and oxygen atoms in total. The van der Waals surface area contributed by atoms with Crippen molar-refractivity contribution in [1.29, 1.82) is 0 Å². The number of carbonyl (C=O) groups excluding carboxylic acids is 1. The zero-order valence-electron chi connectivity index (χ0n) is 14.9. The van der Waals surface area contributed by atoms with Crippen molar-refractivity contribution in [2.45, 2.75) is 43.9 Å². The third-order valence-electron chi connectivity index (χ3n) is 4.97. The molecular weight excluding hydrogens is 377 g/mol. The van der Waals surface area contributed by atoms with Crippen molar-refractivity contribution in [2.75, 3.05) is 13.1 Å². The fraction of sp³-hybridized carbons (Fsp3) is 0.474. The van der Waals surface area contributed by atoms with Crippen LogP contribution in [0.3, 0.4) is 0 Å². The van der Waals surface area contributed by atoms with Crippen LogP contribution in [-0.2, 0) is 10.4 Å². The molecule has 1 aliphatic heterocycles. The van der Waals surface area contributed by atoms with Gasteiger partial charge in [-0.05, 0) is 31.2 Å². The number of halogens is 3. The van der Waals surface area contributed by atoms with Crippen molar-refractivity contribution in [3.8, 4) is 0 Å². The Morgan fingerprint density at radius 3 is 2.41 bits per heavy atom. The van der Waals surface area contributed by atoms with Crippen LogP contribution in [0.2, 0.25) is 0 Å². The molecule has 1 amide bonds. The maximum Gasteiger partial charge on any atom is 0.424 e. The molecule has 0 aliphatic carbocycles. The van der Waals surface area contributed by atoms with E-state index in [4.69, 9.17) is 0 Å². The first-order valence-corrected chi connectivity index (χ1v) is 9.63. The maximum absolute atomic E-state index is 13.6. The van der Waals surface area contributed by atoms with Crippen LogP contribution in [0.25, 0.3) is 0 Å². The van der Waals surface area contributed by atoms with Gasteiger partial charge in [0.1, 0.15) is 5.01 Å². The van der Waals surface area contributed by atoms with Gasteiger partial charge >= 0.3 is 6.18 Å². The van der Waals surface area contributed by atoms with Crippen LogP contribution in [0.5, 0.6) is 0 Å². The lowest BCUT2D eigenvalue weighted by Crippen LogP contribution is -2.48. The van der Waals surface area contributed by atoms with E-state index in [1.807, 2.05) is 30.3 Å². The lowest BCUT2D eigenvalue weighted by Gasteiger charge is -2.35. The van der Waals surface area contributed by atoms with Gasteiger partial charge < -0.3 is 10.0 Å². The van der Waals surface area contributed by atoms with Crippen LogP contribution in [-0.4, -0.2) is 40.2 Å². The summed E-state index contributed by atoms with van der Waals surface area (Å²) < 4.78 is 40.7. The number of piperidine rings is 1. The molecule has 0 radical (unpaired) electrons. The van der Waals surface area contributed by atoms with Crippen molar-refractivity contribution in [2.24, 2.45) is 0 Å². The number of hydrogen-bond donors (Lipinski definition) is 1. The molecule has 27 heavy (non-hydrogen) atoms. The largest absolute Gasteiger partial charge is 0.424 e. The van der Waals surface area contributed by atoms with Gasteiger partial charge in [0.05, 0.1) is 6.42 Å². The minimum absolute atomic E-state index is 0.290. The summed E-state index contributed by atoms with van der Waals surface area (Å²) in [6.07, 6.45) is -4.64. The van der Waals surface area contributed by atoms with Gasteiger partial charge in [-0.3, -0.25) is 4.79 Å². The van der Waals surface area contributed by atoms with E-state index in [0.717, 1.165) is 11.3 Å². The number of aromatic nitrogens is 1. The van der Waals surface area contributed by atoms with Crippen LogP contribution in [0.4, 0.5) is 13.2 Å². The lowest BCUT2D eigenvalue weighted by molar-refractivity contribution is -0.268. The number of benzene rings is 1. The minimum Gasteiger partial charge on any atom is -0.374 e. The molecule has 1 fully saturated rings. The molecule has 2 heterocycles. The van der Waals surface area contributed by atoms with Gasteiger partial charge in [0.15, 0.2) is 0 Å². The fourth-order valence-corrected chi connectivity index (χ4v) is 4.27. The molecule has 3 rings (SSSR count). The zero-order chi connectivity index (χ0) is 19.7. The van der Waals surface area contributed by atoms with Crippen molar-refractivity contribution in [3.63, 3.8) is 0 Å². The zero-order valence-corrected chi connectivity index (χ0v) is 15.7. The predicted molar refractivity (Wildman–Crippen MR) is 96.4 cm³/mol. The standard InChI is InChI=1S/C19H21F3N2O2S/c1-13-12-27-17(23-13)18(26,19(20,21)22)11-16(25)24-9-7-15(8-10-24)14-5-3-2-4-6-14/h2-6,12,15,26H,7-11H2,1H3. The summed E-state index contributed by atoms with van der Waals surface area (Å²) in [5.41, 5.74) is -1.69. The van der Waals surface area contributed by atoms with Gasteiger partial charge in [-0.25, -0.2) is 4.98 Å². The normalized spacial score (nSPS) is 18.3. The van der Waals surface area contributed by atoms with E-state index >= 15 is 0 Å². The van der Waals surface area contributed by atoms with Crippen molar-refractivity contribution >= 4 is 17.2 Å². The number of carbonyl (C=O) groups is 1. The lowest BCUT2D eigenvalue weighted by atomic mass is 9.89. The molecule has 2 aromatic rings. The second kappa shape index (κ2) is 7.59. The molecule has 1 N–H and O–H groups in total. The average molecular weight is 398 g/mol. The molecule has 1 aromatic carbocycles. The second-order valence-electron chi connectivity index (χ2n) is 6.89. The summed E-state index contributed by atoms with van der Waals surface area (Å²) in [6, 6.07) is 9.88. The van der Waals surface area contributed by atoms with Crippen LogP contribution in [0.15, 0.2) is 35.7 Å². The SMILES string of the molecule is Cc1csc(C(O)(CC(=O)N2CCC(c3ccccc3)CC2)C(F)(F)F)n1. The number of amides is 1. The van der Waals surface area contributed by atoms with Crippen LogP contribution in [0.1, 0.15) is 41.4 Å². The Hall–Kier alpha value is -1.93. The third-order valence-corrected chi connectivity index (χ3v) is 6.08. The van der Waals surface area contributed by atoms with Crippen molar-refractivity contribution < 1.29 is 23.1 Å². The van der Waals surface area contributed by atoms with Crippen LogP contribution in [0, 0.1) is 6.92 Å². The maximum atomic E-state index is 13.6. The van der Waals surface area contributed by atoms with Gasteiger partial charge in [-0.2, -0.15) is 13.2 Å². The van der Waals surface area contributed by atoms with E-state index in [0.29, 0.717) is 37.5 Å². The molecule has 8 heteroatoms. The molecule has 0 spiro atoms. The Labute approximate surface area is 159 Å². The average Bonchev–Trinajstić information content (AvgIpc) is 3.08. The molecule has 1 aromatic heterocycles. The number of rotatable bonds is 4. The first kappa shape index (κ1) is 19.8. The van der Waals surface area contributed by atoms with Gasteiger partial charge in [0, 0.05) is 24.2 Å². The Kier molecular flexibility index (Phi) is 5.58. The first-order chi connectivity index (χ1) is 12.7. The summed E-state index contributed by atoms with van der Waals surface area (Å²) in [5, 5.41) is 11.3. The van der Waals surface area contributed by atoms with E-state index in [-0.39, 0.29) is 0 Å². The van der Waals surface area contributed by atoms with Crippen LogP contribution >= 0.6 is 11.3 Å². The van der Waals surface area contributed by atoms with Crippen LogP contribution < -0.4 is 0 Å². The number of aliphatic hydroxyl groups is 1. The molecule has 1 aliphatic rings. The molecule has 0 bridgehead atoms. The van der Waals surface area contributed by atoms with Gasteiger partial charge in [-0.15, -0.1) is 11.3 Å². The smallest absolute Gasteiger partial charge is 0.374 e. The van der Waals surface area contributed by atoms with Gasteiger partial charge in [0.25, 0.3) is 0 Å². The molecular formula is C19H21F3N2O2S. The summed E-state index contributed by atoms with van der Waals surface area (Å²) >= 11 is 0.718. The van der Waals surface area contributed by atoms with E-state index in [9.17, 15) is 23.1 Å². The molecule has 1 saturated heterocycles. The van der Waals surface area contributed by atoms with E-state index < -0.39 is 29.1 Å². The highest BCUT2D eigenvalue weighted by Crippen LogP contribution is 2.43. The van der Waals surface area contributed by atoms with Crippen molar-refractivity contribution in [3.05, 3.63) is 52.0 Å². The molecule has 1 atom stereocenters. The number of alkyl halides is 3. The number of hydrogen-bond acceptors (Lipinski definition) is 4. The summed E-state index contributed by atoms with van der Waals surface area (Å²) in [7, 11) is 0. The Bertz CT molecular complexity index is 786. The highest BCUT2D eigenvalue weighted by molar-refractivity contribution is 7.09. The molecule has 0 saturated carbocycles. The second-order valence-corrected chi connectivity index (χ2v) is 7.75. The first-order valence-electron chi connectivity index (χ1n) is 8.75.